The number of primary amides is 1. The summed E-state index contributed by atoms with van der Waals surface area (Å²) in [6.45, 7) is 8.20. The number of carbonyl (C=O) groups is 2. The van der Waals surface area contributed by atoms with Crippen molar-refractivity contribution in [3.63, 3.8) is 0 Å². The SMILES string of the molecule is CCN(CCNC(=O)CC(NC(N)=O)c1ccccc1C)c1cccc(C)c1. The van der Waals surface area contributed by atoms with E-state index in [1.54, 1.807) is 0 Å². The quantitative estimate of drug-likeness (QED) is 0.623. The van der Waals surface area contributed by atoms with Gasteiger partial charge in [0.15, 0.2) is 0 Å². The van der Waals surface area contributed by atoms with Crippen molar-refractivity contribution in [3.8, 4) is 0 Å². The Morgan fingerprint density at radius 1 is 1.11 bits per heavy atom. The summed E-state index contributed by atoms with van der Waals surface area (Å²) >= 11 is 0. The Bertz CT molecular complexity index is 807. The van der Waals surface area contributed by atoms with Crippen LogP contribution in [0.15, 0.2) is 48.5 Å². The van der Waals surface area contributed by atoms with Crippen molar-refractivity contribution < 1.29 is 9.59 Å². The number of hydrogen-bond acceptors (Lipinski definition) is 3. The first-order valence-corrected chi connectivity index (χ1v) is 9.60. The molecule has 0 spiro atoms. The van der Waals surface area contributed by atoms with Crippen molar-refractivity contribution in [1.82, 2.24) is 10.6 Å². The monoisotopic (exact) mass is 382 g/mol. The van der Waals surface area contributed by atoms with Crippen molar-refractivity contribution in [2.45, 2.75) is 33.2 Å². The van der Waals surface area contributed by atoms with Crippen molar-refractivity contribution in [2.75, 3.05) is 24.5 Å². The van der Waals surface area contributed by atoms with E-state index in [4.69, 9.17) is 5.73 Å². The van der Waals surface area contributed by atoms with Gasteiger partial charge in [0.1, 0.15) is 0 Å². The number of urea groups is 1. The van der Waals surface area contributed by atoms with E-state index in [0.29, 0.717) is 13.1 Å². The van der Waals surface area contributed by atoms with Gasteiger partial charge in [0.2, 0.25) is 5.91 Å². The number of aryl methyl sites for hydroxylation is 2. The summed E-state index contributed by atoms with van der Waals surface area (Å²) in [5.74, 6) is -0.123. The van der Waals surface area contributed by atoms with Gasteiger partial charge in [-0.05, 0) is 49.6 Å². The molecule has 0 aliphatic heterocycles. The maximum atomic E-state index is 12.5. The summed E-state index contributed by atoms with van der Waals surface area (Å²) in [7, 11) is 0. The van der Waals surface area contributed by atoms with Crippen molar-refractivity contribution in [3.05, 3.63) is 65.2 Å². The Labute approximate surface area is 167 Å². The fourth-order valence-corrected chi connectivity index (χ4v) is 3.27. The van der Waals surface area contributed by atoms with Gasteiger partial charge in [-0.2, -0.15) is 0 Å². The van der Waals surface area contributed by atoms with Crippen LogP contribution in [0.2, 0.25) is 0 Å². The molecule has 0 radical (unpaired) electrons. The Hall–Kier alpha value is -3.02. The molecule has 1 unspecified atom stereocenters. The number of amides is 3. The number of likely N-dealkylation sites (N-methyl/N-ethyl adjacent to an activating group) is 1. The molecule has 0 saturated heterocycles. The van der Waals surface area contributed by atoms with Crippen molar-refractivity contribution in [1.29, 1.82) is 0 Å². The molecule has 2 rings (SSSR count). The fourth-order valence-electron chi connectivity index (χ4n) is 3.27. The molecule has 3 amide bonds. The predicted octanol–water partition coefficient (Wildman–Crippen LogP) is 3.05. The Balaban J connectivity index is 1.93. The number of nitrogens with one attached hydrogen (secondary N) is 2. The summed E-state index contributed by atoms with van der Waals surface area (Å²) < 4.78 is 0. The molecule has 150 valence electrons. The van der Waals surface area contributed by atoms with Gasteiger partial charge in [0.25, 0.3) is 0 Å². The Morgan fingerprint density at radius 2 is 1.86 bits per heavy atom. The minimum Gasteiger partial charge on any atom is -0.370 e. The molecule has 28 heavy (non-hydrogen) atoms. The van der Waals surface area contributed by atoms with Gasteiger partial charge in [-0.25, -0.2) is 4.79 Å². The molecule has 0 heterocycles. The highest BCUT2D eigenvalue weighted by atomic mass is 16.2. The Morgan fingerprint density at radius 3 is 2.50 bits per heavy atom. The molecular formula is C22H30N4O2. The number of carbonyl (C=O) groups excluding carboxylic acids is 2. The van der Waals surface area contributed by atoms with E-state index >= 15 is 0 Å². The van der Waals surface area contributed by atoms with E-state index < -0.39 is 12.1 Å². The van der Waals surface area contributed by atoms with Gasteiger partial charge in [0.05, 0.1) is 12.5 Å². The second-order valence-electron chi connectivity index (χ2n) is 6.89. The number of rotatable bonds is 9. The molecule has 0 saturated carbocycles. The van der Waals surface area contributed by atoms with Crippen molar-refractivity contribution in [2.24, 2.45) is 5.73 Å². The predicted molar refractivity (Wildman–Crippen MR) is 113 cm³/mol. The van der Waals surface area contributed by atoms with Crippen LogP contribution in [0.3, 0.4) is 0 Å². The maximum Gasteiger partial charge on any atom is 0.312 e. The first-order valence-electron chi connectivity index (χ1n) is 9.60. The highest BCUT2D eigenvalue weighted by molar-refractivity contribution is 5.79. The van der Waals surface area contributed by atoms with Gasteiger partial charge in [-0.15, -0.1) is 0 Å². The summed E-state index contributed by atoms with van der Waals surface area (Å²) in [5, 5.41) is 5.63. The molecule has 1 atom stereocenters. The second kappa shape index (κ2) is 10.3. The molecule has 2 aromatic carbocycles. The van der Waals surface area contributed by atoms with E-state index in [-0.39, 0.29) is 12.3 Å². The lowest BCUT2D eigenvalue weighted by Gasteiger charge is -2.24. The zero-order valence-electron chi connectivity index (χ0n) is 16.9. The van der Waals surface area contributed by atoms with Gasteiger partial charge >= 0.3 is 6.03 Å². The van der Waals surface area contributed by atoms with Gasteiger partial charge < -0.3 is 21.3 Å². The number of nitrogens with two attached hydrogens (primary N) is 1. The minimum absolute atomic E-state index is 0.123. The van der Waals surface area contributed by atoms with E-state index in [1.165, 1.54) is 5.56 Å². The molecule has 0 aliphatic carbocycles. The second-order valence-corrected chi connectivity index (χ2v) is 6.89. The number of anilines is 1. The van der Waals surface area contributed by atoms with Gasteiger partial charge in [0, 0.05) is 25.3 Å². The first-order chi connectivity index (χ1) is 13.4. The first kappa shape index (κ1) is 21.3. The molecular weight excluding hydrogens is 352 g/mol. The van der Waals surface area contributed by atoms with E-state index in [1.807, 2.05) is 37.3 Å². The highest BCUT2D eigenvalue weighted by Crippen LogP contribution is 2.20. The lowest BCUT2D eigenvalue weighted by Crippen LogP contribution is -2.39. The summed E-state index contributed by atoms with van der Waals surface area (Å²) in [4.78, 5) is 26.0. The summed E-state index contributed by atoms with van der Waals surface area (Å²) in [6, 6.07) is 14.9. The van der Waals surface area contributed by atoms with Crippen LogP contribution in [0.4, 0.5) is 10.5 Å². The van der Waals surface area contributed by atoms with Gasteiger partial charge in [-0.3, -0.25) is 4.79 Å². The van der Waals surface area contributed by atoms with Crippen LogP contribution in [-0.4, -0.2) is 31.6 Å². The zero-order chi connectivity index (χ0) is 20.5. The smallest absolute Gasteiger partial charge is 0.312 e. The summed E-state index contributed by atoms with van der Waals surface area (Å²) in [5.41, 5.74) is 9.55. The van der Waals surface area contributed by atoms with Crippen molar-refractivity contribution >= 4 is 17.6 Å². The average molecular weight is 383 g/mol. The zero-order valence-corrected chi connectivity index (χ0v) is 16.9. The number of hydrogen-bond donors (Lipinski definition) is 3. The molecule has 0 aromatic heterocycles. The minimum atomic E-state index is -0.641. The topological polar surface area (TPSA) is 87.5 Å². The van der Waals surface area contributed by atoms with Crippen LogP contribution in [0.25, 0.3) is 0 Å². The molecule has 2 aromatic rings. The van der Waals surface area contributed by atoms with E-state index in [9.17, 15) is 9.59 Å². The molecule has 6 nitrogen and oxygen atoms in total. The van der Waals surface area contributed by atoms with Crippen LogP contribution in [0.5, 0.6) is 0 Å². The normalized spacial score (nSPS) is 11.5. The Kier molecular flexibility index (Phi) is 7.87. The molecule has 0 bridgehead atoms. The van der Waals surface area contributed by atoms with Crippen LogP contribution in [-0.2, 0) is 4.79 Å². The molecule has 0 aliphatic rings. The summed E-state index contributed by atoms with van der Waals surface area (Å²) in [6.07, 6.45) is 0.143. The largest absolute Gasteiger partial charge is 0.370 e. The van der Waals surface area contributed by atoms with Crippen LogP contribution in [0, 0.1) is 13.8 Å². The fraction of sp³-hybridized carbons (Fsp3) is 0.364. The third-order valence-electron chi connectivity index (χ3n) is 4.72. The third-order valence-corrected chi connectivity index (χ3v) is 4.72. The molecule has 6 heteroatoms. The van der Waals surface area contributed by atoms with Crippen LogP contribution >= 0.6 is 0 Å². The van der Waals surface area contributed by atoms with E-state index in [0.717, 1.165) is 23.4 Å². The standard InChI is InChI=1S/C22H30N4O2/c1-4-26(18-10-7-8-16(2)14-18)13-12-24-21(27)15-20(25-22(23)28)19-11-6-5-9-17(19)3/h5-11,14,20H,4,12-13,15H2,1-3H3,(H,24,27)(H3,23,25,28). The lowest BCUT2D eigenvalue weighted by atomic mass is 9.98. The molecule has 4 N–H and O–H groups in total. The molecule has 0 fully saturated rings. The van der Waals surface area contributed by atoms with Gasteiger partial charge in [-0.1, -0.05) is 36.4 Å². The van der Waals surface area contributed by atoms with Crippen LogP contribution < -0.4 is 21.3 Å². The van der Waals surface area contributed by atoms with E-state index in [2.05, 4.69) is 47.6 Å². The number of nitrogens with zero attached hydrogens (tertiary/aromatic N) is 1. The third kappa shape index (κ3) is 6.30. The lowest BCUT2D eigenvalue weighted by molar-refractivity contribution is -0.121. The van der Waals surface area contributed by atoms with Crippen LogP contribution in [0.1, 0.15) is 36.1 Å². The highest BCUT2D eigenvalue weighted by Gasteiger charge is 2.19. The maximum absolute atomic E-state index is 12.5. The number of benzene rings is 2. The average Bonchev–Trinajstić information content (AvgIpc) is 2.65.